The number of rotatable bonds is 4. The monoisotopic (exact) mass is 247 g/mol. The van der Waals surface area contributed by atoms with Gasteiger partial charge in [0.25, 0.3) is 0 Å². The van der Waals surface area contributed by atoms with Crippen molar-refractivity contribution in [3.63, 3.8) is 0 Å². The van der Waals surface area contributed by atoms with E-state index < -0.39 is 12.0 Å². The number of imidazole rings is 1. The van der Waals surface area contributed by atoms with E-state index in [1.807, 2.05) is 30.5 Å². The number of hydrogen-bond acceptors (Lipinski definition) is 3. The van der Waals surface area contributed by atoms with Crippen LogP contribution in [-0.4, -0.2) is 33.7 Å². The lowest BCUT2D eigenvalue weighted by Crippen LogP contribution is -2.37. The Labute approximate surface area is 105 Å². The highest BCUT2D eigenvalue weighted by Crippen LogP contribution is 2.18. The van der Waals surface area contributed by atoms with Gasteiger partial charge in [-0.3, -0.25) is 4.79 Å². The van der Waals surface area contributed by atoms with Gasteiger partial charge in [-0.1, -0.05) is 0 Å². The largest absolute Gasteiger partial charge is 0.480 e. The summed E-state index contributed by atoms with van der Waals surface area (Å²) >= 11 is 0. The van der Waals surface area contributed by atoms with Crippen molar-refractivity contribution < 1.29 is 9.90 Å². The molecule has 0 radical (unpaired) electrons. The summed E-state index contributed by atoms with van der Waals surface area (Å²) in [5.41, 5.74) is 4.25. The molecule has 2 aromatic rings. The van der Waals surface area contributed by atoms with Gasteiger partial charge in [-0.2, -0.15) is 0 Å². The predicted octanol–water partition coefficient (Wildman–Crippen LogP) is 1.33. The highest BCUT2D eigenvalue weighted by molar-refractivity contribution is 5.78. The maximum absolute atomic E-state index is 11.0. The number of benzene rings is 1. The number of carbonyl (C=O) groups is 1. The average molecular weight is 247 g/mol. The van der Waals surface area contributed by atoms with Crippen molar-refractivity contribution in [3.05, 3.63) is 29.6 Å². The fraction of sp³-hybridized carbons (Fsp3) is 0.385. The van der Waals surface area contributed by atoms with Crippen LogP contribution >= 0.6 is 0 Å². The van der Waals surface area contributed by atoms with Crippen LogP contribution < -0.4 is 5.32 Å². The smallest absolute Gasteiger partial charge is 0.322 e. The molecule has 0 bridgehead atoms. The molecule has 0 amide bonds. The van der Waals surface area contributed by atoms with E-state index in [1.54, 1.807) is 13.4 Å². The minimum Gasteiger partial charge on any atom is -0.480 e. The van der Waals surface area contributed by atoms with Crippen molar-refractivity contribution in [2.45, 2.75) is 26.4 Å². The van der Waals surface area contributed by atoms with Gasteiger partial charge >= 0.3 is 5.97 Å². The molecule has 2 N–H and O–H groups in total. The SMILES string of the molecule is CNC(Cn1cnc2cc(C)c(C)cc21)C(=O)O. The van der Waals surface area contributed by atoms with E-state index in [-0.39, 0.29) is 0 Å². The number of nitrogens with zero attached hydrogens (tertiary/aromatic N) is 2. The molecule has 0 aliphatic carbocycles. The molecule has 0 aliphatic rings. The third-order valence-corrected chi connectivity index (χ3v) is 3.26. The minimum atomic E-state index is -0.858. The van der Waals surface area contributed by atoms with Gasteiger partial charge in [0.2, 0.25) is 0 Å². The predicted molar refractivity (Wildman–Crippen MR) is 69.7 cm³/mol. The summed E-state index contributed by atoms with van der Waals surface area (Å²) < 4.78 is 1.87. The molecule has 1 aromatic carbocycles. The van der Waals surface area contributed by atoms with Crippen molar-refractivity contribution in [2.75, 3.05) is 7.05 Å². The molecule has 0 saturated heterocycles. The Morgan fingerprint density at radius 1 is 1.44 bits per heavy atom. The fourth-order valence-electron chi connectivity index (χ4n) is 1.95. The van der Waals surface area contributed by atoms with Crippen LogP contribution in [0.3, 0.4) is 0 Å². The standard InChI is InChI=1S/C13H17N3O2/c1-8-4-10-12(5-9(8)2)16(7-15-10)6-11(14-3)13(17)18/h4-5,7,11,14H,6H2,1-3H3,(H,17,18). The van der Waals surface area contributed by atoms with Crippen LogP contribution in [0.25, 0.3) is 11.0 Å². The van der Waals surface area contributed by atoms with Gasteiger partial charge in [-0.25, -0.2) is 4.98 Å². The van der Waals surface area contributed by atoms with Crippen LogP contribution in [0.5, 0.6) is 0 Å². The van der Waals surface area contributed by atoms with Gasteiger partial charge in [0.05, 0.1) is 23.9 Å². The Hall–Kier alpha value is -1.88. The van der Waals surface area contributed by atoms with Crippen molar-refractivity contribution in [3.8, 4) is 0 Å². The Kier molecular flexibility index (Phi) is 3.34. The van der Waals surface area contributed by atoms with Crippen LogP contribution in [-0.2, 0) is 11.3 Å². The number of carboxylic acids is 1. The molecule has 1 aromatic heterocycles. The molecule has 96 valence electrons. The maximum atomic E-state index is 11.0. The number of likely N-dealkylation sites (N-methyl/N-ethyl adjacent to an activating group) is 1. The molecule has 1 heterocycles. The number of carboxylic acid groups (broad SMARTS) is 1. The summed E-state index contributed by atoms with van der Waals surface area (Å²) in [5, 5.41) is 11.8. The van der Waals surface area contributed by atoms with E-state index in [2.05, 4.69) is 10.3 Å². The van der Waals surface area contributed by atoms with E-state index >= 15 is 0 Å². The summed E-state index contributed by atoms with van der Waals surface area (Å²) in [6.45, 7) is 4.45. The Morgan fingerprint density at radius 2 is 2.11 bits per heavy atom. The van der Waals surface area contributed by atoms with Gasteiger partial charge in [-0.05, 0) is 44.2 Å². The molecule has 0 spiro atoms. The van der Waals surface area contributed by atoms with E-state index in [0.29, 0.717) is 6.54 Å². The van der Waals surface area contributed by atoms with Crippen molar-refractivity contribution in [2.24, 2.45) is 0 Å². The summed E-state index contributed by atoms with van der Waals surface area (Å²) in [4.78, 5) is 15.3. The lowest BCUT2D eigenvalue weighted by atomic mass is 10.1. The molecule has 2 rings (SSSR count). The highest BCUT2D eigenvalue weighted by atomic mass is 16.4. The minimum absolute atomic E-state index is 0.366. The molecular weight excluding hydrogens is 230 g/mol. The zero-order valence-corrected chi connectivity index (χ0v) is 10.8. The Morgan fingerprint density at radius 3 is 2.72 bits per heavy atom. The van der Waals surface area contributed by atoms with Gasteiger partial charge in [0.15, 0.2) is 0 Å². The average Bonchev–Trinajstić information content (AvgIpc) is 2.69. The van der Waals surface area contributed by atoms with Crippen LogP contribution in [0, 0.1) is 13.8 Å². The molecular formula is C13H17N3O2. The van der Waals surface area contributed by atoms with Crippen molar-refractivity contribution in [1.82, 2.24) is 14.9 Å². The topological polar surface area (TPSA) is 67.2 Å². The molecule has 1 atom stereocenters. The summed E-state index contributed by atoms with van der Waals surface area (Å²) in [6.07, 6.45) is 1.69. The lowest BCUT2D eigenvalue weighted by molar-refractivity contribution is -0.139. The van der Waals surface area contributed by atoms with Gasteiger partial charge in [0.1, 0.15) is 6.04 Å². The first kappa shape index (κ1) is 12.6. The van der Waals surface area contributed by atoms with Crippen LogP contribution in [0.15, 0.2) is 18.5 Å². The van der Waals surface area contributed by atoms with Crippen LogP contribution in [0.4, 0.5) is 0 Å². The second-order valence-electron chi connectivity index (χ2n) is 4.50. The Bertz CT molecular complexity index is 589. The first-order chi connectivity index (χ1) is 8.52. The Balaban J connectivity index is 2.40. The van der Waals surface area contributed by atoms with E-state index in [9.17, 15) is 4.79 Å². The summed E-state index contributed by atoms with van der Waals surface area (Å²) in [5.74, 6) is -0.858. The third-order valence-electron chi connectivity index (χ3n) is 3.26. The fourth-order valence-corrected chi connectivity index (χ4v) is 1.95. The van der Waals surface area contributed by atoms with Gasteiger partial charge in [-0.15, -0.1) is 0 Å². The number of nitrogens with one attached hydrogen (secondary N) is 1. The number of hydrogen-bond donors (Lipinski definition) is 2. The second kappa shape index (κ2) is 4.78. The summed E-state index contributed by atoms with van der Waals surface area (Å²) in [7, 11) is 1.65. The molecule has 18 heavy (non-hydrogen) atoms. The third kappa shape index (κ3) is 2.22. The van der Waals surface area contributed by atoms with Gasteiger partial charge < -0.3 is 15.0 Å². The first-order valence-corrected chi connectivity index (χ1v) is 5.85. The van der Waals surface area contributed by atoms with E-state index in [0.717, 1.165) is 11.0 Å². The lowest BCUT2D eigenvalue weighted by Gasteiger charge is -2.12. The molecule has 0 saturated carbocycles. The van der Waals surface area contributed by atoms with Gasteiger partial charge in [0, 0.05) is 0 Å². The molecule has 0 fully saturated rings. The first-order valence-electron chi connectivity index (χ1n) is 5.85. The van der Waals surface area contributed by atoms with E-state index in [4.69, 9.17) is 5.11 Å². The van der Waals surface area contributed by atoms with Crippen molar-refractivity contribution in [1.29, 1.82) is 0 Å². The number of aromatic nitrogens is 2. The molecule has 0 aliphatic heterocycles. The molecule has 5 heteroatoms. The van der Waals surface area contributed by atoms with Crippen LogP contribution in [0.1, 0.15) is 11.1 Å². The van der Waals surface area contributed by atoms with Crippen molar-refractivity contribution >= 4 is 17.0 Å². The number of aryl methyl sites for hydroxylation is 2. The zero-order valence-electron chi connectivity index (χ0n) is 10.8. The van der Waals surface area contributed by atoms with Crippen LogP contribution in [0.2, 0.25) is 0 Å². The molecule has 1 unspecified atom stereocenters. The number of fused-ring (bicyclic) bond motifs is 1. The molecule has 5 nitrogen and oxygen atoms in total. The quantitative estimate of drug-likeness (QED) is 0.855. The highest BCUT2D eigenvalue weighted by Gasteiger charge is 2.16. The summed E-state index contributed by atoms with van der Waals surface area (Å²) in [6, 6.07) is 3.46. The second-order valence-corrected chi connectivity index (χ2v) is 4.50. The maximum Gasteiger partial charge on any atom is 0.322 e. The normalized spacial score (nSPS) is 12.8. The zero-order chi connectivity index (χ0) is 13.3. The number of aliphatic carboxylic acids is 1. The van der Waals surface area contributed by atoms with E-state index in [1.165, 1.54) is 11.1 Å².